The molecule has 0 aromatic rings. The van der Waals surface area contributed by atoms with Crippen LogP contribution in [0.25, 0.3) is 0 Å². The largest absolute Gasteiger partial charge is 0.352 e. The Morgan fingerprint density at radius 3 is 2.58 bits per heavy atom. The van der Waals surface area contributed by atoms with E-state index in [0.29, 0.717) is 10.6 Å². The summed E-state index contributed by atoms with van der Waals surface area (Å²) in [6, 6.07) is 0. The van der Waals surface area contributed by atoms with E-state index < -0.39 is 23.7 Å². The van der Waals surface area contributed by atoms with Crippen molar-refractivity contribution in [1.29, 1.82) is 0 Å². The van der Waals surface area contributed by atoms with Gasteiger partial charge in [0.05, 0.1) is 6.42 Å². The van der Waals surface area contributed by atoms with Crippen molar-refractivity contribution in [2.75, 3.05) is 6.54 Å². The van der Waals surface area contributed by atoms with Crippen LogP contribution in [0.15, 0.2) is 12.2 Å². The van der Waals surface area contributed by atoms with Crippen LogP contribution < -0.4 is 5.32 Å². The Morgan fingerprint density at radius 2 is 2.11 bits per heavy atom. The molecule has 0 aliphatic carbocycles. The van der Waals surface area contributed by atoms with Gasteiger partial charge in [-0.25, -0.2) is 4.79 Å². The third-order valence-electron chi connectivity index (χ3n) is 2.52. The molecular weight excluding hydrogens is 252 g/mol. The summed E-state index contributed by atoms with van der Waals surface area (Å²) >= 11 is 0. The first-order valence-corrected chi connectivity index (χ1v) is 5.84. The molecule has 0 radical (unpaired) electrons. The van der Waals surface area contributed by atoms with Gasteiger partial charge in [0.25, 0.3) is 11.8 Å². The second-order valence-electron chi connectivity index (χ2n) is 4.38. The van der Waals surface area contributed by atoms with E-state index >= 15 is 0 Å². The van der Waals surface area contributed by atoms with Crippen molar-refractivity contribution in [2.24, 2.45) is 5.92 Å². The predicted molar refractivity (Wildman–Crippen MR) is 64.2 cm³/mol. The second kappa shape index (κ2) is 6.12. The van der Waals surface area contributed by atoms with Gasteiger partial charge < -0.3 is 10.2 Å². The Hall–Kier alpha value is -2.18. The number of hydrogen-bond donors (Lipinski definition) is 1. The molecule has 7 heteroatoms. The molecule has 1 aliphatic rings. The number of nitrogens with one attached hydrogen (secondary N) is 1. The minimum absolute atomic E-state index is 0.0402. The van der Waals surface area contributed by atoms with Gasteiger partial charge in [0.2, 0.25) is 5.91 Å². The van der Waals surface area contributed by atoms with Crippen molar-refractivity contribution in [3.8, 4) is 0 Å². The average Bonchev–Trinajstić information content (AvgIpc) is 2.55. The van der Waals surface area contributed by atoms with Gasteiger partial charge in [0.1, 0.15) is 0 Å². The smallest absolute Gasteiger partial charge is 0.334 e. The number of imide groups is 1. The number of rotatable bonds is 5. The van der Waals surface area contributed by atoms with Crippen molar-refractivity contribution in [3.05, 3.63) is 12.2 Å². The molecule has 0 saturated carbocycles. The quantitative estimate of drug-likeness (QED) is 0.556. The number of carbonyl (C=O) groups excluding carboxylic acids is 4. The van der Waals surface area contributed by atoms with Gasteiger partial charge in [0.15, 0.2) is 0 Å². The number of carbonyl (C=O) groups is 4. The first-order valence-electron chi connectivity index (χ1n) is 5.84. The third-order valence-corrected chi connectivity index (χ3v) is 2.52. The van der Waals surface area contributed by atoms with E-state index in [1.165, 1.54) is 6.92 Å². The van der Waals surface area contributed by atoms with Crippen LogP contribution in [0, 0.1) is 5.92 Å². The summed E-state index contributed by atoms with van der Waals surface area (Å²) in [6.07, 6.45) is -0.0943. The molecular formula is C12H16N2O5. The van der Waals surface area contributed by atoms with Crippen molar-refractivity contribution in [3.63, 3.8) is 0 Å². The Labute approximate surface area is 110 Å². The van der Waals surface area contributed by atoms with Crippen molar-refractivity contribution < 1.29 is 24.0 Å². The van der Waals surface area contributed by atoms with Crippen LogP contribution >= 0.6 is 0 Å². The lowest BCUT2D eigenvalue weighted by Gasteiger charge is -2.13. The molecule has 1 heterocycles. The minimum atomic E-state index is -0.752. The van der Waals surface area contributed by atoms with Crippen LogP contribution in [0.3, 0.4) is 0 Å². The van der Waals surface area contributed by atoms with Crippen LogP contribution in [0.1, 0.15) is 26.7 Å². The van der Waals surface area contributed by atoms with Gasteiger partial charge in [-0.2, -0.15) is 0 Å². The highest BCUT2D eigenvalue weighted by Crippen LogP contribution is 2.19. The molecule has 1 fully saturated rings. The molecule has 1 atom stereocenters. The summed E-state index contributed by atoms with van der Waals surface area (Å²) in [6.45, 7) is 6.61. The molecule has 1 N–H and O–H groups in total. The monoisotopic (exact) mass is 268 g/mol. The summed E-state index contributed by atoms with van der Waals surface area (Å²) in [4.78, 5) is 50.0. The van der Waals surface area contributed by atoms with E-state index in [1.807, 2.05) is 0 Å². The normalized spacial score (nSPS) is 18.4. The zero-order valence-corrected chi connectivity index (χ0v) is 10.9. The Bertz CT molecular complexity index is 443. The molecule has 1 saturated heterocycles. The Morgan fingerprint density at radius 1 is 1.47 bits per heavy atom. The van der Waals surface area contributed by atoms with Gasteiger partial charge in [-0.3, -0.25) is 14.4 Å². The zero-order chi connectivity index (χ0) is 14.6. The maximum absolute atomic E-state index is 11.5. The van der Waals surface area contributed by atoms with Crippen LogP contribution in [-0.2, 0) is 24.0 Å². The Kier molecular flexibility index (Phi) is 4.80. The molecule has 1 unspecified atom stereocenters. The number of nitrogens with zero attached hydrogens (tertiary/aromatic N) is 1. The Balaban J connectivity index is 2.36. The van der Waals surface area contributed by atoms with Gasteiger partial charge in [-0.05, 0) is 6.92 Å². The van der Waals surface area contributed by atoms with E-state index in [4.69, 9.17) is 0 Å². The van der Waals surface area contributed by atoms with Crippen molar-refractivity contribution >= 4 is 23.7 Å². The summed E-state index contributed by atoms with van der Waals surface area (Å²) in [5, 5.41) is 2.94. The van der Waals surface area contributed by atoms with Crippen molar-refractivity contribution in [2.45, 2.75) is 26.7 Å². The maximum atomic E-state index is 11.5. The van der Waals surface area contributed by atoms with E-state index in [2.05, 4.69) is 16.7 Å². The van der Waals surface area contributed by atoms with Crippen molar-refractivity contribution in [1.82, 2.24) is 10.4 Å². The van der Waals surface area contributed by atoms with E-state index in [1.54, 1.807) is 6.92 Å². The van der Waals surface area contributed by atoms with Gasteiger partial charge in [-0.1, -0.05) is 13.5 Å². The van der Waals surface area contributed by atoms with E-state index in [-0.39, 0.29) is 25.3 Å². The molecule has 7 nitrogen and oxygen atoms in total. The summed E-state index contributed by atoms with van der Waals surface area (Å²) in [5.41, 5.74) is 0.326. The highest BCUT2D eigenvalue weighted by molar-refractivity contribution is 6.03. The van der Waals surface area contributed by atoms with Gasteiger partial charge in [0, 0.05) is 24.5 Å². The fourth-order valence-corrected chi connectivity index (χ4v) is 1.43. The molecule has 0 spiro atoms. The van der Waals surface area contributed by atoms with Gasteiger partial charge in [-0.15, -0.1) is 5.06 Å². The standard InChI is InChI=1S/C12H16N2O5/c1-7(2)11(17)13-5-4-10(16)19-14-9(15)6-8(3)12(14)18/h8H,1,4-6H2,2-3H3,(H,13,17). The average molecular weight is 268 g/mol. The van der Waals surface area contributed by atoms with Gasteiger partial charge >= 0.3 is 5.97 Å². The number of hydrogen-bond acceptors (Lipinski definition) is 5. The minimum Gasteiger partial charge on any atom is -0.352 e. The highest BCUT2D eigenvalue weighted by Gasteiger charge is 2.38. The molecule has 0 bridgehead atoms. The molecule has 19 heavy (non-hydrogen) atoms. The topological polar surface area (TPSA) is 92.8 Å². The summed E-state index contributed by atoms with van der Waals surface area (Å²) in [5.74, 6) is -2.64. The fourth-order valence-electron chi connectivity index (χ4n) is 1.43. The molecule has 3 amide bonds. The van der Waals surface area contributed by atoms with E-state index in [9.17, 15) is 19.2 Å². The first-order chi connectivity index (χ1) is 8.82. The lowest BCUT2D eigenvalue weighted by molar-refractivity contribution is -0.198. The second-order valence-corrected chi connectivity index (χ2v) is 4.38. The van der Waals surface area contributed by atoms with Crippen LogP contribution in [0.4, 0.5) is 0 Å². The maximum Gasteiger partial charge on any atom is 0.334 e. The molecule has 1 rings (SSSR count). The third kappa shape index (κ3) is 3.90. The fraction of sp³-hybridized carbons (Fsp3) is 0.500. The summed E-state index contributed by atoms with van der Waals surface area (Å²) in [7, 11) is 0. The molecule has 1 aliphatic heterocycles. The lowest BCUT2D eigenvalue weighted by Crippen LogP contribution is -2.34. The highest BCUT2D eigenvalue weighted by atomic mass is 16.7. The lowest BCUT2D eigenvalue weighted by atomic mass is 10.1. The molecule has 0 aromatic carbocycles. The van der Waals surface area contributed by atoms with Crippen LogP contribution in [-0.4, -0.2) is 35.3 Å². The molecule has 0 aromatic heterocycles. The summed E-state index contributed by atoms with van der Waals surface area (Å²) < 4.78 is 0. The first kappa shape index (κ1) is 14.9. The predicted octanol–water partition coefficient (Wildman–Crippen LogP) is -0.0780. The number of amides is 3. The van der Waals surface area contributed by atoms with E-state index in [0.717, 1.165) is 0 Å². The van der Waals surface area contributed by atoms with Crippen LogP contribution in [0.2, 0.25) is 0 Å². The molecule has 104 valence electrons. The zero-order valence-electron chi connectivity index (χ0n) is 10.9. The SMILES string of the molecule is C=C(C)C(=O)NCCC(=O)ON1C(=O)CC(C)C1=O. The number of hydroxylamine groups is 2. The van der Waals surface area contributed by atoms with Crippen LogP contribution in [0.5, 0.6) is 0 Å².